The van der Waals surface area contributed by atoms with E-state index in [1.54, 1.807) is 0 Å². The number of phenols is 1. The second kappa shape index (κ2) is 7.87. The maximum Gasteiger partial charge on any atom is 0.172 e. The van der Waals surface area contributed by atoms with Crippen LogP contribution in [0.4, 0.5) is 0 Å². The van der Waals surface area contributed by atoms with Gasteiger partial charge < -0.3 is 15.6 Å². The standard InChI is InChI=1S/C13H20BrNO2.ClH/c1-4-17-12-7-9(6-10(14)13(12)16)11(15)5-8(2)3;/h6-8,11,16H,4-5,15H2,1-3H3;1H/t11-;/m1./s1. The lowest BCUT2D eigenvalue weighted by Crippen LogP contribution is -2.13. The van der Waals surface area contributed by atoms with Crippen LogP contribution in [-0.4, -0.2) is 11.7 Å². The first-order valence-electron chi connectivity index (χ1n) is 5.86. The number of benzene rings is 1. The Kier molecular flexibility index (Phi) is 7.67. The van der Waals surface area contributed by atoms with Crippen molar-refractivity contribution >= 4 is 28.3 Å². The van der Waals surface area contributed by atoms with E-state index in [1.807, 2.05) is 19.1 Å². The monoisotopic (exact) mass is 337 g/mol. The maximum absolute atomic E-state index is 9.80. The van der Waals surface area contributed by atoms with Gasteiger partial charge in [0.2, 0.25) is 0 Å². The van der Waals surface area contributed by atoms with Gasteiger partial charge in [0.15, 0.2) is 11.5 Å². The third-order valence-corrected chi connectivity index (χ3v) is 3.11. The summed E-state index contributed by atoms with van der Waals surface area (Å²) in [7, 11) is 0. The molecular formula is C13H21BrClNO2. The van der Waals surface area contributed by atoms with Crippen molar-refractivity contribution in [3.05, 3.63) is 22.2 Å². The van der Waals surface area contributed by atoms with Crippen LogP contribution in [0.1, 0.15) is 38.8 Å². The highest BCUT2D eigenvalue weighted by molar-refractivity contribution is 9.10. The van der Waals surface area contributed by atoms with Crippen molar-refractivity contribution in [2.75, 3.05) is 6.61 Å². The number of nitrogens with two attached hydrogens (primary N) is 1. The number of aromatic hydroxyl groups is 1. The van der Waals surface area contributed by atoms with Crippen LogP contribution in [0.2, 0.25) is 0 Å². The van der Waals surface area contributed by atoms with E-state index in [-0.39, 0.29) is 24.2 Å². The number of hydrogen-bond donors (Lipinski definition) is 2. The second-order valence-electron chi connectivity index (χ2n) is 4.52. The van der Waals surface area contributed by atoms with Crippen LogP contribution in [0.3, 0.4) is 0 Å². The van der Waals surface area contributed by atoms with Crippen LogP contribution in [0.15, 0.2) is 16.6 Å². The molecule has 1 aromatic rings. The number of hydrogen-bond acceptors (Lipinski definition) is 3. The maximum atomic E-state index is 9.80. The summed E-state index contributed by atoms with van der Waals surface area (Å²) in [5, 5.41) is 9.80. The summed E-state index contributed by atoms with van der Waals surface area (Å²) in [4.78, 5) is 0. The Hall–Kier alpha value is -0.450. The van der Waals surface area contributed by atoms with Crippen LogP contribution in [0, 0.1) is 5.92 Å². The Morgan fingerprint density at radius 1 is 1.39 bits per heavy atom. The highest BCUT2D eigenvalue weighted by Crippen LogP contribution is 2.37. The van der Waals surface area contributed by atoms with Gasteiger partial charge in [0.25, 0.3) is 0 Å². The lowest BCUT2D eigenvalue weighted by atomic mass is 9.97. The molecule has 5 heteroatoms. The van der Waals surface area contributed by atoms with Gasteiger partial charge in [-0.25, -0.2) is 0 Å². The van der Waals surface area contributed by atoms with E-state index >= 15 is 0 Å². The molecule has 18 heavy (non-hydrogen) atoms. The lowest BCUT2D eigenvalue weighted by Gasteiger charge is -2.17. The first-order chi connectivity index (χ1) is 7.95. The molecule has 0 spiro atoms. The molecule has 1 atom stereocenters. The SMILES string of the molecule is CCOc1cc([C@H](N)CC(C)C)cc(Br)c1O.Cl. The molecule has 0 aliphatic rings. The van der Waals surface area contributed by atoms with Gasteiger partial charge in [-0.3, -0.25) is 0 Å². The van der Waals surface area contributed by atoms with Crippen molar-refractivity contribution in [3.8, 4) is 11.5 Å². The van der Waals surface area contributed by atoms with Crippen LogP contribution in [0.25, 0.3) is 0 Å². The van der Waals surface area contributed by atoms with Crippen molar-refractivity contribution in [3.63, 3.8) is 0 Å². The van der Waals surface area contributed by atoms with Crippen molar-refractivity contribution in [1.82, 2.24) is 0 Å². The van der Waals surface area contributed by atoms with Gasteiger partial charge in [-0.1, -0.05) is 13.8 Å². The zero-order chi connectivity index (χ0) is 13.0. The quantitative estimate of drug-likeness (QED) is 0.852. The zero-order valence-electron chi connectivity index (χ0n) is 10.9. The lowest BCUT2D eigenvalue weighted by molar-refractivity contribution is 0.316. The average molecular weight is 339 g/mol. The largest absolute Gasteiger partial charge is 0.503 e. The van der Waals surface area contributed by atoms with Gasteiger partial charge >= 0.3 is 0 Å². The Morgan fingerprint density at radius 3 is 2.50 bits per heavy atom. The molecule has 0 aliphatic carbocycles. The summed E-state index contributed by atoms with van der Waals surface area (Å²) in [6, 6.07) is 3.63. The molecule has 104 valence electrons. The summed E-state index contributed by atoms with van der Waals surface area (Å²) in [6.07, 6.45) is 0.906. The summed E-state index contributed by atoms with van der Waals surface area (Å²) in [6.45, 7) is 6.68. The number of phenolic OH excluding ortho intramolecular Hbond substituents is 1. The first kappa shape index (κ1) is 17.6. The molecule has 0 aliphatic heterocycles. The molecule has 3 nitrogen and oxygen atoms in total. The molecule has 0 heterocycles. The number of halogens is 2. The van der Waals surface area contributed by atoms with E-state index in [0.29, 0.717) is 22.7 Å². The fourth-order valence-corrected chi connectivity index (χ4v) is 2.18. The van der Waals surface area contributed by atoms with Crippen molar-refractivity contribution in [2.45, 2.75) is 33.2 Å². The van der Waals surface area contributed by atoms with E-state index in [2.05, 4.69) is 29.8 Å². The molecule has 0 aromatic heterocycles. The molecule has 0 fully saturated rings. The molecule has 0 bridgehead atoms. The van der Waals surface area contributed by atoms with Gasteiger partial charge in [0.05, 0.1) is 11.1 Å². The van der Waals surface area contributed by atoms with Crippen molar-refractivity contribution in [1.29, 1.82) is 0 Å². The molecule has 1 rings (SSSR count). The Balaban J connectivity index is 0.00000289. The molecular weight excluding hydrogens is 318 g/mol. The second-order valence-corrected chi connectivity index (χ2v) is 5.37. The minimum Gasteiger partial charge on any atom is -0.503 e. The molecule has 3 N–H and O–H groups in total. The fourth-order valence-electron chi connectivity index (χ4n) is 1.72. The first-order valence-corrected chi connectivity index (χ1v) is 6.65. The zero-order valence-corrected chi connectivity index (χ0v) is 13.3. The summed E-state index contributed by atoms with van der Waals surface area (Å²) in [5.74, 6) is 1.15. The summed E-state index contributed by atoms with van der Waals surface area (Å²) < 4.78 is 6.00. The van der Waals surface area contributed by atoms with Crippen LogP contribution in [0.5, 0.6) is 11.5 Å². The molecule has 1 aromatic carbocycles. The Morgan fingerprint density at radius 2 is 2.00 bits per heavy atom. The summed E-state index contributed by atoms with van der Waals surface area (Å²) in [5.41, 5.74) is 7.10. The normalized spacial score (nSPS) is 12.1. The van der Waals surface area contributed by atoms with Gasteiger partial charge in [-0.05, 0) is 52.9 Å². The Bertz CT molecular complexity index is 385. The molecule has 0 unspecified atom stereocenters. The fraction of sp³-hybridized carbons (Fsp3) is 0.538. The van der Waals surface area contributed by atoms with E-state index in [1.165, 1.54) is 0 Å². The molecule has 0 amide bonds. The third kappa shape index (κ3) is 4.67. The minimum absolute atomic E-state index is 0. The third-order valence-electron chi connectivity index (χ3n) is 2.50. The predicted molar refractivity (Wildman–Crippen MR) is 80.6 cm³/mol. The number of ether oxygens (including phenoxy) is 1. The van der Waals surface area contributed by atoms with Crippen LogP contribution >= 0.6 is 28.3 Å². The van der Waals surface area contributed by atoms with Crippen molar-refractivity contribution in [2.24, 2.45) is 11.7 Å². The molecule has 0 saturated heterocycles. The van der Waals surface area contributed by atoms with Gasteiger partial charge in [0, 0.05) is 6.04 Å². The topological polar surface area (TPSA) is 55.5 Å². The highest BCUT2D eigenvalue weighted by atomic mass is 79.9. The Labute approximate surface area is 123 Å². The van der Waals surface area contributed by atoms with Crippen molar-refractivity contribution < 1.29 is 9.84 Å². The van der Waals surface area contributed by atoms with E-state index in [4.69, 9.17) is 10.5 Å². The molecule has 0 saturated carbocycles. The smallest absolute Gasteiger partial charge is 0.172 e. The van der Waals surface area contributed by atoms with Gasteiger partial charge in [-0.2, -0.15) is 0 Å². The summed E-state index contributed by atoms with van der Waals surface area (Å²) >= 11 is 3.32. The van der Waals surface area contributed by atoms with E-state index in [0.717, 1.165) is 12.0 Å². The predicted octanol–water partition coefficient (Wildman–Crippen LogP) is 4.02. The van der Waals surface area contributed by atoms with Gasteiger partial charge in [0.1, 0.15) is 0 Å². The minimum atomic E-state index is -0.0360. The highest BCUT2D eigenvalue weighted by Gasteiger charge is 2.14. The molecule has 0 radical (unpaired) electrons. The van der Waals surface area contributed by atoms with E-state index < -0.39 is 0 Å². The van der Waals surface area contributed by atoms with Crippen LogP contribution in [-0.2, 0) is 0 Å². The number of rotatable bonds is 5. The average Bonchev–Trinajstić information content (AvgIpc) is 2.23. The van der Waals surface area contributed by atoms with Crippen LogP contribution < -0.4 is 10.5 Å². The van der Waals surface area contributed by atoms with Gasteiger partial charge in [-0.15, -0.1) is 12.4 Å². The van der Waals surface area contributed by atoms with E-state index in [9.17, 15) is 5.11 Å².